The van der Waals surface area contributed by atoms with E-state index in [1.165, 1.54) is 0 Å². The highest BCUT2D eigenvalue weighted by Gasteiger charge is 1.77. The number of nitrogens with zero attached hydrogens (tertiary/aromatic N) is 8. The van der Waals surface area contributed by atoms with Crippen LogP contribution in [0, 0.1) is 0 Å². The Labute approximate surface area is 258 Å². The highest BCUT2D eigenvalue weighted by Crippen LogP contribution is 1.79. The van der Waals surface area contributed by atoms with Crippen LogP contribution in [-0.2, 0) is 0 Å². The van der Waals surface area contributed by atoms with Gasteiger partial charge in [-0.15, -0.1) is 0 Å². The van der Waals surface area contributed by atoms with Gasteiger partial charge in [-0.25, -0.2) is 13.7 Å². The lowest BCUT2D eigenvalue weighted by Gasteiger charge is -2.00. The van der Waals surface area contributed by atoms with Crippen molar-refractivity contribution in [3.8, 4) is 0 Å². The largest absolute Gasteiger partial charge is 0.383 e. The Morgan fingerprint density at radius 3 is 0.905 bits per heavy atom. The molecule has 0 spiro atoms. The summed E-state index contributed by atoms with van der Waals surface area (Å²) in [4.78, 5) is 6.00. The highest BCUT2D eigenvalue weighted by atomic mass is 15.0. The lowest BCUT2D eigenvalue weighted by Crippen LogP contribution is -2.02. The van der Waals surface area contributed by atoms with Gasteiger partial charge in [-0.1, -0.05) is 12.2 Å². The van der Waals surface area contributed by atoms with E-state index in [0.29, 0.717) is 0 Å². The van der Waals surface area contributed by atoms with Crippen molar-refractivity contribution in [1.29, 1.82) is 0 Å². The Morgan fingerprint density at radius 1 is 0.357 bits per heavy atom. The fourth-order valence-corrected chi connectivity index (χ4v) is 1.71. The Bertz CT molecular complexity index is 1080. The molecule has 0 saturated carbocycles. The number of hydrogen-bond donors (Lipinski definition) is 0. The molecule has 8 nitrogen and oxygen atoms in total. The van der Waals surface area contributed by atoms with Crippen molar-refractivity contribution in [3.63, 3.8) is 0 Å². The van der Waals surface area contributed by atoms with E-state index in [-0.39, 0.29) is 0 Å². The Kier molecular flexibility index (Phi) is 34.9. The summed E-state index contributed by atoms with van der Waals surface area (Å²) in [5.41, 5.74) is 7.97. The second-order valence-corrected chi connectivity index (χ2v) is 10.4. The molecule has 0 amide bonds. The molecule has 0 bridgehead atoms. The predicted octanol–water partition coefficient (Wildman–Crippen LogP) is 2.22. The maximum absolute atomic E-state index is 2.77. The van der Waals surface area contributed by atoms with Crippen LogP contribution in [-0.4, -0.2) is 181 Å². The van der Waals surface area contributed by atoms with E-state index in [9.17, 15) is 0 Å². The molecule has 0 heterocycles. The summed E-state index contributed by atoms with van der Waals surface area (Å²) < 4.78 is 9.51. The standard InChI is InChI=1S/2C9H17N2.C9H12N2.C7H15N2/c3*1-10(2)8-6-5-7-9-11(3)4;1-8(2)6-5-7-9(3)4/h2*5-9H,1-4H3;1-4H3;5-7H,1-4H3/q2*+1;+2;+1. The van der Waals surface area contributed by atoms with Crippen LogP contribution in [0.2, 0.25) is 0 Å². The van der Waals surface area contributed by atoms with E-state index in [0.717, 1.165) is 0 Å². The second-order valence-electron chi connectivity index (χ2n) is 10.4. The van der Waals surface area contributed by atoms with E-state index in [1.54, 1.807) is 9.15 Å². The molecule has 0 aliphatic carbocycles. The van der Waals surface area contributed by atoms with Gasteiger partial charge in [-0.2, -0.15) is 9.15 Å². The second kappa shape index (κ2) is 32.8. The molecule has 0 aliphatic rings. The third-order valence-corrected chi connectivity index (χ3v) is 3.43. The summed E-state index contributed by atoms with van der Waals surface area (Å²) in [6.45, 7) is 0. The quantitative estimate of drug-likeness (QED) is 0.190. The SMILES string of the molecule is CN(C)/C=C/C=C/C=[N+](C)C.CN(C)/C=C/C=C/C=[N+](C)C.CN(C)/C=C/C=[N+](C)C.C[N+](C)=C=C=C=C=C=[N+](C)C. The minimum absolute atomic E-state index is 1.75. The van der Waals surface area contributed by atoms with Gasteiger partial charge in [0.25, 0.3) is 0 Å². The summed E-state index contributed by atoms with van der Waals surface area (Å²) in [5.74, 6) is 5.54. The van der Waals surface area contributed by atoms with Crippen LogP contribution in [0.4, 0.5) is 0 Å². The molecular formula is C34H61N8+5. The molecule has 0 aromatic rings. The van der Waals surface area contributed by atoms with Crippen LogP contribution < -0.4 is 0 Å². The van der Waals surface area contributed by atoms with Gasteiger partial charge in [-0.3, -0.25) is 0 Å². The zero-order valence-corrected chi connectivity index (χ0v) is 29.6. The van der Waals surface area contributed by atoms with Gasteiger partial charge < -0.3 is 14.7 Å². The van der Waals surface area contributed by atoms with Crippen LogP contribution in [0.3, 0.4) is 0 Å². The number of hydrogen-bond acceptors (Lipinski definition) is 3. The number of allylic oxidation sites excluding steroid dienone is 7. The first-order chi connectivity index (χ1) is 19.5. The first-order valence-corrected chi connectivity index (χ1v) is 13.5. The van der Waals surface area contributed by atoms with E-state index in [2.05, 4.69) is 28.9 Å². The smallest absolute Gasteiger partial charge is 0.230 e. The normalized spacial score (nSPS) is 9.43. The maximum Gasteiger partial charge on any atom is 0.230 e. The third-order valence-electron chi connectivity index (χ3n) is 3.43. The molecule has 0 radical (unpaired) electrons. The van der Waals surface area contributed by atoms with Crippen LogP contribution in [0.5, 0.6) is 0 Å². The van der Waals surface area contributed by atoms with E-state index in [1.807, 2.05) is 221 Å². The molecule has 8 heteroatoms. The van der Waals surface area contributed by atoms with E-state index in [4.69, 9.17) is 0 Å². The molecule has 0 aromatic heterocycles. The lowest BCUT2D eigenvalue weighted by atomic mass is 10.5. The van der Waals surface area contributed by atoms with Gasteiger partial charge in [-0.05, 0) is 24.6 Å². The molecule has 0 unspecified atom stereocenters. The Hall–Kier alpha value is -4.39. The van der Waals surface area contributed by atoms with Crippen molar-refractivity contribution in [2.24, 2.45) is 0 Å². The van der Waals surface area contributed by atoms with Crippen molar-refractivity contribution < 1.29 is 22.9 Å². The van der Waals surface area contributed by atoms with Crippen LogP contribution in [0.25, 0.3) is 0 Å². The first kappa shape index (κ1) is 44.6. The summed E-state index contributed by atoms with van der Waals surface area (Å²) in [6.07, 6.45) is 26.0. The molecular weight excluding hydrogens is 520 g/mol. The molecule has 0 aliphatic heterocycles. The van der Waals surface area contributed by atoms with Crippen molar-refractivity contribution in [3.05, 3.63) is 78.3 Å². The Morgan fingerprint density at radius 2 is 0.643 bits per heavy atom. The molecule has 0 fully saturated rings. The average molecular weight is 582 g/mol. The fourth-order valence-electron chi connectivity index (χ4n) is 1.71. The van der Waals surface area contributed by atoms with Crippen molar-refractivity contribution in [2.45, 2.75) is 0 Å². The van der Waals surface area contributed by atoms with E-state index < -0.39 is 0 Å². The monoisotopic (exact) mass is 581 g/mol. The van der Waals surface area contributed by atoms with Gasteiger partial charge in [0.15, 0.2) is 18.6 Å². The number of rotatable bonds is 8. The van der Waals surface area contributed by atoms with Crippen molar-refractivity contribution in [2.75, 3.05) is 113 Å². The zero-order valence-electron chi connectivity index (χ0n) is 29.6. The summed E-state index contributed by atoms with van der Waals surface area (Å²) in [7, 11) is 31.5. The van der Waals surface area contributed by atoms with Gasteiger partial charge in [0, 0.05) is 72.4 Å². The maximum atomic E-state index is 2.77. The van der Waals surface area contributed by atoms with Gasteiger partial charge in [0.2, 0.25) is 11.7 Å². The van der Waals surface area contributed by atoms with Crippen LogP contribution in [0.1, 0.15) is 0 Å². The first-order valence-electron chi connectivity index (χ1n) is 13.5. The topological polar surface area (TPSA) is 24.8 Å². The van der Waals surface area contributed by atoms with Crippen molar-refractivity contribution in [1.82, 2.24) is 14.7 Å². The van der Waals surface area contributed by atoms with Crippen LogP contribution >= 0.6 is 0 Å². The van der Waals surface area contributed by atoms with Gasteiger partial charge in [0.05, 0.1) is 11.5 Å². The third kappa shape index (κ3) is 65.0. The van der Waals surface area contributed by atoms with Gasteiger partial charge >= 0.3 is 0 Å². The minimum Gasteiger partial charge on any atom is -0.383 e. The average Bonchev–Trinajstić information content (AvgIpc) is 2.83. The molecule has 0 saturated heterocycles. The van der Waals surface area contributed by atoms with E-state index >= 15 is 0 Å². The summed E-state index contributed by atoms with van der Waals surface area (Å²) in [6, 6.07) is 0. The molecule has 232 valence electrons. The Balaban J connectivity index is -0.000000230. The molecule has 0 rings (SSSR count). The molecule has 0 aromatic carbocycles. The fraction of sp³-hybridized carbons (Fsp3) is 0.471. The summed E-state index contributed by atoms with van der Waals surface area (Å²) >= 11 is 0. The van der Waals surface area contributed by atoms with Gasteiger partial charge in [0.1, 0.15) is 70.5 Å². The molecule has 0 N–H and O–H groups in total. The minimum atomic E-state index is 1.75. The molecule has 42 heavy (non-hydrogen) atoms. The lowest BCUT2D eigenvalue weighted by molar-refractivity contribution is -0.458. The van der Waals surface area contributed by atoms with Crippen LogP contribution in [0.15, 0.2) is 78.3 Å². The summed E-state index contributed by atoms with van der Waals surface area (Å²) in [5, 5.41) is 0. The predicted molar refractivity (Wildman–Crippen MR) is 186 cm³/mol. The molecule has 0 atom stereocenters. The highest BCUT2D eigenvalue weighted by molar-refractivity contribution is 5.67. The van der Waals surface area contributed by atoms with Crippen molar-refractivity contribution >= 4 is 30.4 Å². The zero-order chi connectivity index (χ0) is 33.3.